The van der Waals surface area contributed by atoms with E-state index in [4.69, 9.17) is 4.42 Å². The molecule has 6 nitrogen and oxygen atoms in total. The molecule has 0 saturated carbocycles. The number of hydrogen-bond acceptors (Lipinski definition) is 5. The fraction of sp³-hybridized carbons (Fsp3) is 0.471. The van der Waals surface area contributed by atoms with Crippen LogP contribution in [0, 0.1) is 6.92 Å². The Morgan fingerprint density at radius 1 is 1.30 bits per heavy atom. The molecular formula is C17H22N4O2. The van der Waals surface area contributed by atoms with E-state index in [0.29, 0.717) is 36.5 Å². The maximum Gasteiger partial charge on any atom is 0.251 e. The number of likely N-dealkylation sites (tertiary alicyclic amines) is 1. The van der Waals surface area contributed by atoms with Gasteiger partial charge in [0.15, 0.2) is 0 Å². The van der Waals surface area contributed by atoms with E-state index in [1.54, 1.807) is 6.92 Å². The Morgan fingerprint density at radius 2 is 2.13 bits per heavy atom. The Balaban J connectivity index is 1.57. The van der Waals surface area contributed by atoms with Crippen molar-refractivity contribution < 1.29 is 9.21 Å². The number of hydrogen-bond donors (Lipinski definition) is 1. The number of amides is 1. The molecule has 0 spiro atoms. The van der Waals surface area contributed by atoms with Crippen molar-refractivity contribution in [2.24, 2.45) is 0 Å². The fourth-order valence-corrected chi connectivity index (χ4v) is 2.98. The molecule has 1 aliphatic heterocycles. The van der Waals surface area contributed by atoms with Crippen LogP contribution in [0.25, 0.3) is 0 Å². The van der Waals surface area contributed by atoms with Gasteiger partial charge in [0.1, 0.15) is 0 Å². The van der Waals surface area contributed by atoms with Crippen molar-refractivity contribution >= 4 is 5.91 Å². The SMILES string of the molecule is Cc1nnc(CN2CCCC[C@@H]2CNC(=O)c2ccccc2)o1. The van der Waals surface area contributed by atoms with Crippen LogP contribution < -0.4 is 5.32 Å². The predicted molar refractivity (Wildman–Crippen MR) is 85.9 cm³/mol. The summed E-state index contributed by atoms with van der Waals surface area (Å²) in [5, 5.41) is 11.0. The van der Waals surface area contributed by atoms with Gasteiger partial charge in [-0.3, -0.25) is 9.69 Å². The largest absolute Gasteiger partial charge is 0.424 e. The number of nitrogens with one attached hydrogen (secondary N) is 1. The van der Waals surface area contributed by atoms with Crippen LogP contribution in [0.4, 0.5) is 0 Å². The minimum absolute atomic E-state index is 0.0234. The molecule has 2 aromatic rings. The van der Waals surface area contributed by atoms with Gasteiger partial charge in [-0.05, 0) is 31.5 Å². The van der Waals surface area contributed by atoms with Crippen LogP contribution in [-0.2, 0) is 6.54 Å². The summed E-state index contributed by atoms with van der Waals surface area (Å²) in [4.78, 5) is 14.5. The summed E-state index contributed by atoms with van der Waals surface area (Å²) >= 11 is 0. The zero-order chi connectivity index (χ0) is 16.1. The topological polar surface area (TPSA) is 71.3 Å². The molecule has 23 heavy (non-hydrogen) atoms. The zero-order valence-corrected chi connectivity index (χ0v) is 13.4. The standard InChI is InChI=1S/C17H22N4O2/c1-13-19-20-16(23-13)12-21-10-6-5-9-15(21)11-18-17(22)14-7-3-2-4-8-14/h2-4,7-8,15H,5-6,9-12H2,1H3,(H,18,22)/t15-/m1/s1. The molecule has 0 bridgehead atoms. The molecular weight excluding hydrogens is 292 g/mol. The summed E-state index contributed by atoms with van der Waals surface area (Å²) in [6.07, 6.45) is 3.42. The number of rotatable bonds is 5. The van der Waals surface area contributed by atoms with Gasteiger partial charge >= 0.3 is 0 Å². The molecule has 0 aliphatic carbocycles. The zero-order valence-electron chi connectivity index (χ0n) is 13.4. The second-order valence-electron chi connectivity index (χ2n) is 5.91. The van der Waals surface area contributed by atoms with E-state index in [1.807, 2.05) is 30.3 Å². The molecule has 1 aromatic heterocycles. The van der Waals surface area contributed by atoms with Crippen LogP contribution in [-0.4, -0.2) is 40.1 Å². The molecule has 0 radical (unpaired) electrons. The van der Waals surface area contributed by atoms with Gasteiger partial charge in [-0.2, -0.15) is 0 Å². The summed E-state index contributed by atoms with van der Waals surface area (Å²) in [5.74, 6) is 1.21. The molecule has 1 aliphatic rings. The molecule has 3 rings (SSSR count). The first kappa shape index (κ1) is 15.7. The van der Waals surface area contributed by atoms with Gasteiger partial charge in [0.05, 0.1) is 6.54 Å². The number of carbonyl (C=O) groups is 1. The minimum Gasteiger partial charge on any atom is -0.424 e. The third-order valence-electron chi connectivity index (χ3n) is 4.19. The number of aryl methyl sites for hydroxylation is 1. The third-order valence-corrected chi connectivity index (χ3v) is 4.19. The lowest BCUT2D eigenvalue weighted by Gasteiger charge is -2.34. The first-order valence-electron chi connectivity index (χ1n) is 8.08. The molecule has 0 unspecified atom stereocenters. The van der Waals surface area contributed by atoms with E-state index in [1.165, 1.54) is 6.42 Å². The first-order chi connectivity index (χ1) is 11.2. The average Bonchev–Trinajstić information content (AvgIpc) is 2.99. The second-order valence-corrected chi connectivity index (χ2v) is 5.91. The lowest BCUT2D eigenvalue weighted by atomic mass is 10.0. The second kappa shape index (κ2) is 7.37. The van der Waals surface area contributed by atoms with Crippen molar-refractivity contribution in [3.8, 4) is 0 Å². The highest BCUT2D eigenvalue weighted by atomic mass is 16.4. The number of aromatic nitrogens is 2. The smallest absolute Gasteiger partial charge is 0.251 e. The Kier molecular flexibility index (Phi) is 5.02. The van der Waals surface area contributed by atoms with Gasteiger partial charge in [0, 0.05) is 25.1 Å². The van der Waals surface area contributed by atoms with E-state index < -0.39 is 0 Å². The van der Waals surface area contributed by atoms with E-state index >= 15 is 0 Å². The lowest BCUT2D eigenvalue weighted by Crippen LogP contribution is -2.46. The molecule has 6 heteroatoms. The van der Waals surface area contributed by atoms with Crippen molar-refractivity contribution in [3.63, 3.8) is 0 Å². The van der Waals surface area contributed by atoms with E-state index in [9.17, 15) is 4.79 Å². The summed E-state index contributed by atoms with van der Waals surface area (Å²) < 4.78 is 5.48. The maximum absolute atomic E-state index is 12.2. The highest BCUT2D eigenvalue weighted by Crippen LogP contribution is 2.19. The van der Waals surface area contributed by atoms with Gasteiger partial charge in [-0.1, -0.05) is 24.6 Å². The van der Waals surface area contributed by atoms with Crippen LogP contribution in [0.1, 0.15) is 41.4 Å². The molecule has 1 fully saturated rings. The normalized spacial score (nSPS) is 18.7. The summed E-state index contributed by atoms with van der Waals surface area (Å²) in [5.41, 5.74) is 0.697. The minimum atomic E-state index is -0.0234. The average molecular weight is 314 g/mol. The molecule has 2 heterocycles. The highest BCUT2D eigenvalue weighted by Gasteiger charge is 2.24. The molecule has 122 valence electrons. The third kappa shape index (κ3) is 4.16. The Morgan fingerprint density at radius 3 is 2.87 bits per heavy atom. The van der Waals surface area contributed by atoms with Gasteiger partial charge in [0.25, 0.3) is 5.91 Å². The Labute approximate surface area is 135 Å². The summed E-state index contributed by atoms with van der Waals surface area (Å²) in [6.45, 7) is 4.07. The first-order valence-corrected chi connectivity index (χ1v) is 8.08. The number of nitrogens with zero attached hydrogens (tertiary/aromatic N) is 3. The van der Waals surface area contributed by atoms with E-state index in [-0.39, 0.29) is 5.91 Å². The van der Waals surface area contributed by atoms with Gasteiger partial charge < -0.3 is 9.73 Å². The Bertz CT molecular complexity index is 641. The van der Waals surface area contributed by atoms with Gasteiger partial charge in [0.2, 0.25) is 11.8 Å². The maximum atomic E-state index is 12.2. The van der Waals surface area contributed by atoms with Gasteiger partial charge in [-0.25, -0.2) is 0 Å². The van der Waals surface area contributed by atoms with Crippen LogP contribution in [0.15, 0.2) is 34.7 Å². The van der Waals surface area contributed by atoms with E-state index in [2.05, 4.69) is 20.4 Å². The van der Waals surface area contributed by atoms with Crippen LogP contribution in [0.5, 0.6) is 0 Å². The Hall–Kier alpha value is -2.21. The molecule has 1 saturated heterocycles. The summed E-state index contributed by atoms with van der Waals surface area (Å²) in [7, 11) is 0. The monoisotopic (exact) mass is 314 g/mol. The van der Waals surface area contributed by atoms with Crippen LogP contribution in [0.3, 0.4) is 0 Å². The van der Waals surface area contributed by atoms with Crippen molar-refractivity contribution in [2.45, 2.75) is 38.8 Å². The van der Waals surface area contributed by atoms with Crippen LogP contribution in [0.2, 0.25) is 0 Å². The predicted octanol–water partition coefficient (Wildman–Crippen LogP) is 2.16. The van der Waals surface area contributed by atoms with Crippen LogP contribution >= 0.6 is 0 Å². The molecule has 1 aromatic carbocycles. The highest BCUT2D eigenvalue weighted by molar-refractivity contribution is 5.94. The van der Waals surface area contributed by atoms with Crippen molar-refractivity contribution in [1.82, 2.24) is 20.4 Å². The molecule has 1 N–H and O–H groups in total. The summed E-state index contributed by atoms with van der Waals surface area (Å²) in [6, 6.07) is 9.62. The molecule has 1 atom stereocenters. The lowest BCUT2D eigenvalue weighted by molar-refractivity contribution is 0.0897. The quantitative estimate of drug-likeness (QED) is 0.915. The number of carbonyl (C=O) groups excluding carboxylic acids is 1. The fourth-order valence-electron chi connectivity index (χ4n) is 2.98. The number of piperidine rings is 1. The molecule has 1 amide bonds. The van der Waals surface area contributed by atoms with Crippen molar-refractivity contribution in [2.75, 3.05) is 13.1 Å². The van der Waals surface area contributed by atoms with Crippen molar-refractivity contribution in [3.05, 3.63) is 47.7 Å². The number of benzene rings is 1. The van der Waals surface area contributed by atoms with Gasteiger partial charge in [-0.15, -0.1) is 10.2 Å². The van der Waals surface area contributed by atoms with E-state index in [0.717, 1.165) is 19.4 Å². The van der Waals surface area contributed by atoms with Crippen molar-refractivity contribution in [1.29, 1.82) is 0 Å².